The summed E-state index contributed by atoms with van der Waals surface area (Å²) >= 11 is 0. The van der Waals surface area contributed by atoms with Gasteiger partial charge < -0.3 is 15.5 Å². The van der Waals surface area contributed by atoms with Crippen LogP contribution in [0.2, 0.25) is 0 Å². The maximum absolute atomic E-state index is 13.1. The standard InChI is InChI=1S/C21H27F6N5O3/c1-28-16-11-17(31-8-6-30(7-9-31)12-20(22,23)24)15(10-18(16)32(34)35)19(33)29-14-4-2-13(3-5-14)21(25,26)27/h10-11,13-14,28H,2-9,12H2,1H3,(H,29,33). The average molecular weight is 511 g/mol. The van der Waals surface area contributed by atoms with Gasteiger partial charge in [-0.25, -0.2) is 0 Å². The van der Waals surface area contributed by atoms with Crippen molar-refractivity contribution >= 4 is 23.0 Å². The highest BCUT2D eigenvalue weighted by Crippen LogP contribution is 2.38. The Labute approximate surface area is 197 Å². The number of nitro benzene ring substituents is 1. The minimum Gasteiger partial charge on any atom is -0.383 e. The van der Waals surface area contributed by atoms with Crippen molar-refractivity contribution in [2.75, 3.05) is 50.0 Å². The van der Waals surface area contributed by atoms with E-state index in [2.05, 4.69) is 10.6 Å². The molecule has 1 aliphatic carbocycles. The van der Waals surface area contributed by atoms with Crippen molar-refractivity contribution in [1.82, 2.24) is 10.2 Å². The molecule has 0 bridgehead atoms. The van der Waals surface area contributed by atoms with E-state index in [1.54, 1.807) is 4.90 Å². The van der Waals surface area contributed by atoms with Gasteiger partial charge in [0.2, 0.25) is 0 Å². The molecule has 35 heavy (non-hydrogen) atoms. The first kappa shape index (κ1) is 26.8. The number of benzene rings is 1. The van der Waals surface area contributed by atoms with Crippen molar-refractivity contribution in [3.63, 3.8) is 0 Å². The van der Waals surface area contributed by atoms with Crippen LogP contribution in [0.5, 0.6) is 0 Å². The van der Waals surface area contributed by atoms with Crippen molar-refractivity contribution < 1.29 is 36.1 Å². The summed E-state index contributed by atoms with van der Waals surface area (Å²) in [6, 6.07) is 1.99. The number of hydrogen-bond donors (Lipinski definition) is 2. The smallest absolute Gasteiger partial charge is 0.383 e. The SMILES string of the molecule is CNc1cc(N2CCN(CC(F)(F)F)CC2)c(C(=O)NC2CCC(C(F)(F)F)CC2)cc1[N+](=O)[O-]. The highest BCUT2D eigenvalue weighted by atomic mass is 19.4. The molecule has 1 saturated carbocycles. The number of carbonyl (C=O) groups is 1. The molecule has 0 radical (unpaired) electrons. The molecule has 1 aromatic carbocycles. The lowest BCUT2D eigenvalue weighted by Crippen LogP contribution is -2.49. The monoisotopic (exact) mass is 511 g/mol. The van der Waals surface area contributed by atoms with Gasteiger partial charge in [0.25, 0.3) is 11.6 Å². The quantitative estimate of drug-likeness (QED) is 0.339. The van der Waals surface area contributed by atoms with Crippen LogP contribution in [-0.4, -0.2) is 73.9 Å². The van der Waals surface area contributed by atoms with Crippen molar-refractivity contribution in [1.29, 1.82) is 0 Å². The molecule has 1 heterocycles. The lowest BCUT2D eigenvalue weighted by molar-refractivity contribution is -0.384. The highest BCUT2D eigenvalue weighted by Gasteiger charge is 2.42. The number of nitro groups is 1. The fraction of sp³-hybridized carbons (Fsp3) is 0.667. The molecule has 196 valence electrons. The van der Waals surface area contributed by atoms with Gasteiger partial charge in [-0.15, -0.1) is 0 Å². The fourth-order valence-corrected chi connectivity index (χ4v) is 4.60. The molecular formula is C21H27F6N5O3. The highest BCUT2D eigenvalue weighted by molar-refractivity contribution is 6.02. The predicted molar refractivity (Wildman–Crippen MR) is 117 cm³/mol. The molecule has 2 fully saturated rings. The molecule has 1 aromatic rings. The van der Waals surface area contributed by atoms with Crippen LogP contribution in [0.1, 0.15) is 36.0 Å². The minimum atomic E-state index is -4.34. The van der Waals surface area contributed by atoms with Gasteiger partial charge in [-0.2, -0.15) is 26.3 Å². The summed E-state index contributed by atoms with van der Waals surface area (Å²) < 4.78 is 77.0. The van der Waals surface area contributed by atoms with Gasteiger partial charge in [0.05, 0.1) is 28.6 Å². The predicted octanol–water partition coefficient (Wildman–Crippen LogP) is 4.17. The number of anilines is 2. The van der Waals surface area contributed by atoms with Gasteiger partial charge in [-0.3, -0.25) is 19.8 Å². The van der Waals surface area contributed by atoms with Crippen molar-refractivity contribution in [2.24, 2.45) is 5.92 Å². The number of amides is 1. The van der Waals surface area contributed by atoms with Crippen LogP contribution in [0.25, 0.3) is 0 Å². The number of nitrogens with zero attached hydrogens (tertiary/aromatic N) is 3. The Morgan fingerprint density at radius 3 is 2.14 bits per heavy atom. The first-order chi connectivity index (χ1) is 16.3. The van der Waals surface area contributed by atoms with Crippen molar-refractivity contribution in [3.8, 4) is 0 Å². The molecule has 0 aromatic heterocycles. The van der Waals surface area contributed by atoms with Crippen molar-refractivity contribution in [2.45, 2.75) is 44.1 Å². The molecule has 3 rings (SSSR count). The average Bonchev–Trinajstić information content (AvgIpc) is 2.77. The largest absolute Gasteiger partial charge is 0.401 e. The second-order valence-corrected chi connectivity index (χ2v) is 8.84. The van der Waals surface area contributed by atoms with Crippen LogP contribution in [0.3, 0.4) is 0 Å². The number of carbonyl (C=O) groups excluding carboxylic acids is 1. The molecule has 0 spiro atoms. The maximum Gasteiger partial charge on any atom is 0.401 e. The van der Waals surface area contributed by atoms with Gasteiger partial charge in [-0.1, -0.05) is 0 Å². The van der Waals surface area contributed by atoms with E-state index in [9.17, 15) is 41.3 Å². The van der Waals surface area contributed by atoms with E-state index in [4.69, 9.17) is 0 Å². The topological polar surface area (TPSA) is 90.8 Å². The van der Waals surface area contributed by atoms with Gasteiger partial charge in [0, 0.05) is 45.3 Å². The third-order valence-corrected chi connectivity index (χ3v) is 6.47. The number of alkyl halides is 6. The van der Waals surface area contributed by atoms with E-state index in [1.165, 1.54) is 18.0 Å². The molecule has 8 nitrogen and oxygen atoms in total. The summed E-state index contributed by atoms with van der Waals surface area (Å²) in [5.74, 6) is -2.09. The lowest BCUT2D eigenvalue weighted by Gasteiger charge is -2.37. The Morgan fingerprint density at radius 2 is 1.66 bits per heavy atom. The molecular weight excluding hydrogens is 484 g/mol. The number of halogens is 6. The Morgan fingerprint density at radius 1 is 1.06 bits per heavy atom. The summed E-state index contributed by atoms with van der Waals surface area (Å²) in [4.78, 5) is 26.9. The fourth-order valence-electron chi connectivity index (χ4n) is 4.60. The Hall–Kier alpha value is -2.77. The summed E-state index contributed by atoms with van der Waals surface area (Å²) in [5.41, 5.74) is 0.0360. The summed E-state index contributed by atoms with van der Waals surface area (Å²) in [6.45, 7) is -0.583. The zero-order valence-electron chi connectivity index (χ0n) is 19.0. The molecule has 1 amide bonds. The van der Waals surface area contributed by atoms with Gasteiger partial charge in [0.15, 0.2) is 0 Å². The van der Waals surface area contributed by atoms with E-state index in [0.29, 0.717) is 5.69 Å². The number of piperazine rings is 1. The zero-order valence-corrected chi connectivity index (χ0v) is 19.0. The van der Waals surface area contributed by atoms with Crippen LogP contribution >= 0.6 is 0 Å². The number of rotatable bonds is 6. The van der Waals surface area contributed by atoms with E-state index in [-0.39, 0.29) is 68.8 Å². The molecule has 1 aliphatic heterocycles. The zero-order chi connectivity index (χ0) is 26.0. The Bertz CT molecular complexity index is 923. The summed E-state index contributed by atoms with van der Waals surface area (Å²) in [7, 11) is 1.46. The van der Waals surface area contributed by atoms with Gasteiger partial charge in [-0.05, 0) is 31.7 Å². The van der Waals surface area contributed by atoms with Crippen LogP contribution in [0.4, 0.5) is 43.4 Å². The van der Waals surface area contributed by atoms with Gasteiger partial charge in [0.1, 0.15) is 5.69 Å². The molecule has 2 aliphatic rings. The first-order valence-electron chi connectivity index (χ1n) is 11.2. The van der Waals surface area contributed by atoms with E-state index >= 15 is 0 Å². The first-order valence-corrected chi connectivity index (χ1v) is 11.2. The molecule has 2 N–H and O–H groups in total. The van der Waals surface area contributed by atoms with Crippen molar-refractivity contribution in [3.05, 3.63) is 27.8 Å². The van der Waals surface area contributed by atoms with Crippen LogP contribution < -0.4 is 15.5 Å². The molecule has 1 saturated heterocycles. The normalized spacial score (nSPS) is 22.1. The molecule has 14 heteroatoms. The third-order valence-electron chi connectivity index (χ3n) is 6.47. The Balaban J connectivity index is 1.80. The summed E-state index contributed by atoms with van der Waals surface area (Å²) in [6.07, 6.45) is -8.64. The van der Waals surface area contributed by atoms with E-state index in [0.717, 1.165) is 6.07 Å². The molecule has 0 unspecified atom stereocenters. The minimum absolute atomic E-state index is 0.0436. The van der Waals surface area contributed by atoms with Gasteiger partial charge >= 0.3 is 12.4 Å². The molecule has 0 atom stereocenters. The van der Waals surface area contributed by atoms with Crippen LogP contribution in [0.15, 0.2) is 12.1 Å². The Kier molecular flexibility index (Phi) is 8.02. The van der Waals surface area contributed by atoms with Crippen LogP contribution in [0, 0.1) is 16.0 Å². The third kappa shape index (κ3) is 6.89. The van der Waals surface area contributed by atoms with Crippen LogP contribution in [-0.2, 0) is 0 Å². The van der Waals surface area contributed by atoms with E-state index < -0.39 is 41.7 Å². The number of hydrogen-bond acceptors (Lipinski definition) is 6. The number of nitrogens with one attached hydrogen (secondary N) is 2. The second kappa shape index (κ2) is 10.5. The van der Waals surface area contributed by atoms with E-state index in [1.807, 2.05) is 0 Å². The lowest BCUT2D eigenvalue weighted by atomic mass is 9.85. The maximum atomic E-state index is 13.1. The second-order valence-electron chi connectivity index (χ2n) is 8.84. The summed E-state index contributed by atoms with van der Waals surface area (Å²) in [5, 5.41) is 16.9.